The van der Waals surface area contributed by atoms with Crippen molar-refractivity contribution in [2.75, 3.05) is 26.2 Å². The van der Waals surface area contributed by atoms with Crippen molar-refractivity contribution >= 4 is 28.1 Å². The largest absolute Gasteiger partial charge is 0.444 e. The van der Waals surface area contributed by atoms with Crippen molar-refractivity contribution in [2.45, 2.75) is 88.8 Å². The number of piperazine rings is 1. The molecular formula is C29H42N6O6S. The van der Waals surface area contributed by atoms with Crippen LogP contribution in [0.4, 0.5) is 9.59 Å². The van der Waals surface area contributed by atoms with Crippen LogP contribution in [-0.4, -0.2) is 89.1 Å². The summed E-state index contributed by atoms with van der Waals surface area (Å²) in [6.45, 7) is 7.82. The van der Waals surface area contributed by atoms with Crippen molar-refractivity contribution in [3.05, 3.63) is 48.0 Å². The number of nitrogens with zero attached hydrogens (tertiary/aromatic N) is 4. The summed E-state index contributed by atoms with van der Waals surface area (Å²) in [5, 5.41) is 5.92. The van der Waals surface area contributed by atoms with Crippen LogP contribution in [0.5, 0.6) is 0 Å². The number of nitrogens with one attached hydrogen (secondary N) is 2. The molecule has 0 bridgehead atoms. The highest BCUT2D eigenvalue weighted by Crippen LogP contribution is 2.20. The maximum atomic E-state index is 13.4. The molecule has 0 radical (unpaired) electrons. The van der Waals surface area contributed by atoms with E-state index in [0.29, 0.717) is 5.69 Å². The Morgan fingerprint density at radius 1 is 1.05 bits per heavy atom. The van der Waals surface area contributed by atoms with E-state index in [1.54, 1.807) is 45.0 Å². The number of ether oxygens (including phenoxy) is 1. The fourth-order valence-corrected chi connectivity index (χ4v) is 6.27. The fourth-order valence-electron chi connectivity index (χ4n) is 5.12. The number of carbonyl (C=O) groups is 3. The Labute approximate surface area is 247 Å². The van der Waals surface area contributed by atoms with Crippen LogP contribution in [-0.2, 0) is 26.0 Å². The second-order valence-electron chi connectivity index (χ2n) is 12.0. The lowest BCUT2D eigenvalue weighted by Crippen LogP contribution is -2.64. The number of amides is 4. The van der Waals surface area contributed by atoms with E-state index >= 15 is 0 Å². The Kier molecular flexibility index (Phi) is 9.80. The summed E-state index contributed by atoms with van der Waals surface area (Å²) in [4.78, 5) is 46.7. The molecule has 2 aliphatic rings. The standard InChI is InChI=1S/C29H42N6O6S/c1-21-10-12-24(13-11-21)42(39,40)34-18-23(31-20-34)14-15-30-26(36)25-19-33(28(38)41-29(2,3)4)16-17-35(25)27(37)32-22-8-6-5-7-9-22/h10-13,18,20,22,25H,5-9,14-17,19H2,1-4H3,(H,30,36)(H,32,37). The minimum absolute atomic E-state index is 0.00224. The number of hydrogen-bond acceptors (Lipinski definition) is 7. The van der Waals surface area contributed by atoms with E-state index in [0.717, 1.165) is 41.6 Å². The summed E-state index contributed by atoms with van der Waals surface area (Å²) in [6.07, 6.45) is 7.50. The number of aromatic nitrogens is 2. The summed E-state index contributed by atoms with van der Waals surface area (Å²) < 4.78 is 32.4. The zero-order chi connectivity index (χ0) is 30.5. The Morgan fingerprint density at radius 3 is 2.40 bits per heavy atom. The molecule has 2 fully saturated rings. The van der Waals surface area contributed by atoms with Gasteiger partial charge in [-0.3, -0.25) is 4.79 Å². The summed E-state index contributed by atoms with van der Waals surface area (Å²) >= 11 is 0. The lowest BCUT2D eigenvalue weighted by molar-refractivity contribution is -0.127. The van der Waals surface area contributed by atoms with Gasteiger partial charge in [-0.1, -0.05) is 37.0 Å². The van der Waals surface area contributed by atoms with Gasteiger partial charge in [0.15, 0.2) is 0 Å². The average Bonchev–Trinajstić information content (AvgIpc) is 3.42. The van der Waals surface area contributed by atoms with Gasteiger partial charge in [-0.15, -0.1) is 0 Å². The maximum absolute atomic E-state index is 13.4. The Morgan fingerprint density at radius 2 is 1.74 bits per heavy atom. The van der Waals surface area contributed by atoms with E-state index in [9.17, 15) is 22.8 Å². The van der Waals surface area contributed by atoms with Crippen molar-refractivity contribution < 1.29 is 27.5 Å². The minimum Gasteiger partial charge on any atom is -0.444 e. The lowest BCUT2D eigenvalue weighted by atomic mass is 9.95. The summed E-state index contributed by atoms with van der Waals surface area (Å²) in [5.41, 5.74) is 0.742. The molecule has 1 unspecified atom stereocenters. The average molecular weight is 603 g/mol. The molecule has 42 heavy (non-hydrogen) atoms. The molecular weight excluding hydrogens is 560 g/mol. The predicted octanol–water partition coefficient (Wildman–Crippen LogP) is 3.05. The first kappa shape index (κ1) is 31.3. The van der Waals surface area contributed by atoms with Gasteiger partial charge in [-0.2, -0.15) is 0 Å². The van der Waals surface area contributed by atoms with Crippen LogP contribution in [0.25, 0.3) is 0 Å². The third-order valence-corrected chi connectivity index (χ3v) is 9.04. The molecule has 1 aromatic heterocycles. The molecule has 13 heteroatoms. The third-order valence-electron chi connectivity index (χ3n) is 7.42. The summed E-state index contributed by atoms with van der Waals surface area (Å²) in [5.74, 6) is -0.409. The van der Waals surface area contributed by atoms with Crippen LogP contribution in [0.2, 0.25) is 0 Å². The van der Waals surface area contributed by atoms with Gasteiger partial charge >= 0.3 is 12.1 Å². The van der Waals surface area contributed by atoms with Crippen LogP contribution in [0.15, 0.2) is 41.7 Å². The molecule has 2 N–H and O–H groups in total. The van der Waals surface area contributed by atoms with Crippen molar-refractivity contribution in [3.63, 3.8) is 0 Å². The molecule has 1 saturated carbocycles. The molecule has 1 aliphatic carbocycles. The van der Waals surface area contributed by atoms with Crippen molar-refractivity contribution in [1.29, 1.82) is 0 Å². The molecule has 1 aromatic carbocycles. The zero-order valence-electron chi connectivity index (χ0n) is 24.8. The number of hydrogen-bond donors (Lipinski definition) is 2. The Balaban J connectivity index is 1.40. The van der Waals surface area contributed by atoms with Gasteiger partial charge in [0.25, 0.3) is 10.0 Å². The monoisotopic (exact) mass is 602 g/mol. The molecule has 4 amide bonds. The van der Waals surface area contributed by atoms with Crippen LogP contribution in [0.1, 0.15) is 64.1 Å². The zero-order valence-corrected chi connectivity index (χ0v) is 25.7. The van der Waals surface area contributed by atoms with Gasteiger partial charge in [-0.25, -0.2) is 27.0 Å². The molecule has 230 valence electrons. The number of imidazole rings is 1. The number of urea groups is 1. The Hall–Kier alpha value is -3.61. The topological polar surface area (TPSA) is 143 Å². The fraction of sp³-hybridized carbons (Fsp3) is 0.586. The highest BCUT2D eigenvalue weighted by atomic mass is 32.2. The number of carbonyl (C=O) groups excluding carboxylic acids is 3. The van der Waals surface area contributed by atoms with E-state index in [1.807, 2.05) is 6.92 Å². The lowest BCUT2D eigenvalue weighted by Gasteiger charge is -2.41. The number of aryl methyl sites for hydroxylation is 1. The molecule has 1 aliphatic heterocycles. The van der Waals surface area contributed by atoms with Gasteiger partial charge in [0, 0.05) is 38.3 Å². The summed E-state index contributed by atoms with van der Waals surface area (Å²) in [6, 6.07) is 5.41. The molecule has 2 aromatic rings. The molecule has 4 rings (SSSR count). The molecule has 0 spiro atoms. The van der Waals surface area contributed by atoms with Gasteiger partial charge in [-0.05, 0) is 52.7 Å². The Bertz CT molecular complexity index is 1360. The van der Waals surface area contributed by atoms with Crippen LogP contribution >= 0.6 is 0 Å². The van der Waals surface area contributed by atoms with Gasteiger partial charge in [0.05, 0.1) is 17.1 Å². The first-order valence-corrected chi connectivity index (χ1v) is 16.0. The van der Waals surface area contributed by atoms with E-state index in [1.165, 1.54) is 22.3 Å². The molecule has 1 atom stereocenters. The predicted molar refractivity (Wildman–Crippen MR) is 156 cm³/mol. The third kappa shape index (κ3) is 8.02. The quantitative estimate of drug-likeness (QED) is 0.496. The number of benzene rings is 1. The minimum atomic E-state index is -3.78. The van der Waals surface area contributed by atoms with Gasteiger partial charge in [0.1, 0.15) is 18.0 Å². The SMILES string of the molecule is Cc1ccc(S(=O)(=O)n2cnc(CCNC(=O)C3CN(C(=O)OC(C)(C)C)CCN3C(=O)NC3CCCCC3)c2)cc1. The van der Waals surface area contributed by atoms with E-state index < -0.39 is 33.7 Å². The second-order valence-corrected chi connectivity index (χ2v) is 13.8. The summed E-state index contributed by atoms with van der Waals surface area (Å²) in [7, 11) is -3.78. The first-order valence-electron chi connectivity index (χ1n) is 14.5. The van der Waals surface area contributed by atoms with Gasteiger partial charge < -0.3 is 25.2 Å². The molecule has 12 nitrogen and oxygen atoms in total. The van der Waals surface area contributed by atoms with Crippen LogP contribution < -0.4 is 10.6 Å². The molecule has 1 saturated heterocycles. The number of rotatable bonds is 7. The highest BCUT2D eigenvalue weighted by molar-refractivity contribution is 7.90. The van der Waals surface area contributed by atoms with E-state index in [-0.39, 0.29) is 49.6 Å². The van der Waals surface area contributed by atoms with Crippen molar-refractivity contribution in [1.82, 2.24) is 29.4 Å². The van der Waals surface area contributed by atoms with Gasteiger partial charge in [0.2, 0.25) is 5.91 Å². The van der Waals surface area contributed by atoms with Crippen LogP contribution in [0.3, 0.4) is 0 Å². The van der Waals surface area contributed by atoms with E-state index in [4.69, 9.17) is 4.74 Å². The van der Waals surface area contributed by atoms with Crippen LogP contribution in [0, 0.1) is 6.92 Å². The second kappa shape index (κ2) is 13.1. The first-order chi connectivity index (χ1) is 19.8. The van der Waals surface area contributed by atoms with Crippen molar-refractivity contribution in [3.8, 4) is 0 Å². The maximum Gasteiger partial charge on any atom is 0.410 e. The van der Waals surface area contributed by atoms with E-state index in [2.05, 4.69) is 15.6 Å². The highest BCUT2D eigenvalue weighted by Gasteiger charge is 2.39. The smallest absolute Gasteiger partial charge is 0.410 e. The molecule has 2 heterocycles. The normalized spacial score (nSPS) is 18.4. The van der Waals surface area contributed by atoms with Crippen molar-refractivity contribution in [2.24, 2.45) is 0 Å².